The fourth-order valence-electron chi connectivity index (χ4n) is 13.5. The molecule has 2 heterocycles. The number of hydrogen-bond acceptors (Lipinski definition) is 1. The fourth-order valence-corrected chi connectivity index (χ4v) is 13.5. The SMILES string of the molecule is CC1(C)CCC(C)(C)c2cc(Nc3cc4c(cc3-c3c5c6c(c7ccccc37)c3c7ccccc7ccc3n6-c3cc6c(cc3B5)C(C)(C)CCC6(C)C)C(C)(C)CCC4(C)C)ccc21. The molecular weight excluding hydrogens is 784 g/mol. The van der Waals surface area contributed by atoms with Gasteiger partial charge in [0.05, 0.1) is 5.52 Å². The molecule has 65 heavy (non-hydrogen) atoms. The summed E-state index contributed by atoms with van der Waals surface area (Å²) in [5.74, 6) is 0. The summed E-state index contributed by atoms with van der Waals surface area (Å²) in [6, 6.07) is 41.1. The van der Waals surface area contributed by atoms with Gasteiger partial charge in [0.15, 0.2) is 7.28 Å². The molecule has 3 heteroatoms. The van der Waals surface area contributed by atoms with E-state index >= 15 is 0 Å². The molecule has 328 valence electrons. The van der Waals surface area contributed by atoms with E-state index in [1.165, 1.54) is 154 Å². The van der Waals surface area contributed by atoms with Gasteiger partial charge in [-0.2, -0.15) is 0 Å². The second-order valence-corrected chi connectivity index (χ2v) is 25.0. The first kappa shape index (κ1) is 41.2. The predicted octanol–water partition coefficient (Wildman–Crippen LogP) is 15.2. The van der Waals surface area contributed by atoms with Crippen molar-refractivity contribution in [1.29, 1.82) is 0 Å². The van der Waals surface area contributed by atoms with Crippen LogP contribution >= 0.6 is 0 Å². The summed E-state index contributed by atoms with van der Waals surface area (Å²) < 4.78 is 2.71. The molecule has 4 aliphatic rings. The zero-order valence-corrected chi connectivity index (χ0v) is 41.2. The number of anilines is 2. The van der Waals surface area contributed by atoms with Crippen LogP contribution in [0.25, 0.3) is 60.2 Å². The van der Waals surface area contributed by atoms with Crippen molar-refractivity contribution in [2.24, 2.45) is 0 Å². The van der Waals surface area contributed by atoms with Gasteiger partial charge in [-0.1, -0.05) is 155 Å². The minimum absolute atomic E-state index is 0.0502. The number of rotatable bonds is 3. The quantitative estimate of drug-likeness (QED) is 0.175. The van der Waals surface area contributed by atoms with Crippen molar-refractivity contribution in [3.8, 4) is 16.8 Å². The van der Waals surface area contributed by atoms with E-state index in [1.54, 1.807) is 0 Å². The van der Waals surface area contributed by atoms with Crippen LogP contribution in [0.5, 0.6) is 0 Å². The number of benzene rings is 7. The Kier molecular flexibility index (Phi) is 8.37. The molecule has 12 rings (SSSR count). The number of nitrogens with one attached hydrogen (secondary N) is 1. The lowest BCUT2D eigenvalue weighted by Gasteiger charge is -2.43. The zero-order chi connectivity index (χ0) is 45.4. The lowest BCUT2D eigenvalue weighted by atomic mass is 9.55. The van der Waals surface area contributed by atoms with Crippen molar-refractivity contribution in [1.82, 2.24) is 4.57 Å². The third-order valence-electron chi connectivity index (χ3n) is 18.0. The van der Waals surface area contributed by atoms with Crippen LogP contribution in [-0.4, -0.2) is 11.8 Å². The van der Waals surface area contributed by atoms with Crippen molar-refractivity contribution in [2.45, 2.75) is 154 Å². The van der Waals surface area contributed by atoms with E-state index in [1.807, 2.05) is 0 Å². The molecule has 0 saturated heterocycles. The summed E-state index contributed by atoms with van der Waals surface area (Å²) in [4.78, 5) is 0. The van der Waals surface area contributed by atoms with Crippen molar-refractivity contribution in [2.75, 3.05) is 5.32 Å². The molecule has 0 unspecified atom stereocenters. The molecule has 1 aromatic heterocycles. The van der Waals surface area contributed by atoms with Gasteiger partial charge >= 0.3 is 0 Å². The standard InChI is InChI=1S/C62H67BN2/c1-57(2)25-26-58(3,4)43-31-37(22-23-42(43)57)64-49-34-46-44(59(5,6)27-29-61(46,9)10)32-41(49)52-39-19-15-16-20-40(39)54-53-38-18-14-13-17-36(38)21-24-50(53)65-51-35-47-45(33-48(51)63-55(52)56(54)65)60(7,8)28-30-62(47,11)12/h13-24,31-35,63-64H,25-30H2,1-12H3. The van der Waals surface area contributed by atoms with Gasteiger partial charge in [0.2, 0.25) is 0 Å². The summed E-state index contributed by atoms with van der Waals surface area (Å²) >= 11 is 0. The molecule has 1 N–H and O–H groups in total. The van der Waals surface area contributed by atoms with E-state index in [4.69, 9.17) is 0 Å². The first-order valence-corrected chi connectivity index (χ1v) is 24.9. The van der Waals surface area contributed by atoms with Crippen LogP contribution in [0.15, 0.2) is 103 Å². The molecule has 2 nitrogen and oxygen atoms in total. The highest BCUT2D eigenvalue weighted by Gasteiger charge is 2.42. The number of aromatic nitrogens is 1. The van der Waals surface area contributed by atoms with Gasteiger partial charge in [0.1, 0.15) is 0 Å². The number of nitrogens with zero attached hydrogens (tertiary/aromatic N) is 1. The minimum Gasteiger partial charge on any atom is -0.355 e. The van der Waals surface area contributed by atoms with Crippen LogP contribution in [0.4, 0.5) is 11.4 Å². The number of fused-ring (bicyclic) bond motifs is 12. The van der Waals surface area contributed by atoms with Gasteiger partial charge in [-0.15, -0.1) is 0 Å². The Morgan fingerprint density at radius 3 is 1.63 bits per heavy atom. The maximum Gasteiger partial charge on any atom is 0.198 e. The maximum absolute atomic E-state index is 4.22. The first-order valence-electron chi connectivity index (χ1n) is 24.9. The van der Waals surface area contributed by atoms with Crippen LogP contribution < -0.4 is 16.2 Å². The molecular formula is C62H67BN2. The average molecular weight is 851 g/mol. The lowest BCUT2D eigenvalue weighted by molar-refractivity contribution is 0.332. The highest BCUT2D eigenvalue weighted by Crippen LogP contribution is 2.53. The Bertz CT molecular complexity index is 3380. The highest BCUT2D eigenvalue weighted by molar-refractivity contribution is 6.74. The highest BCUT2D eigenvalue weighted by atomic mass is 15.0. The van der Waals surface area contributed by atoms with Crippen LogP contribution in [0.3, 0.4) is 0 Å². The van der Waals surface area contributed by atoms with Crippen molar-refractivity contribution in [3.05, 3.63) is 137 Å². The molecule has 1 aliphatic heterocycles. The molecule has 0 spiro atoms. The van der Waals surface area contributed by atoms with Gasteiger partial charge in [0.25, 0.3) is 0 Å². The molecule has 0 bridgehead atoms. The van der Waals surface area contributed by atoms with Crippen LogP contribution in [0.2, 0.25) is 0 Å². The minimum atomic E-state index is 0.0502. The Labute approximate surface area is 388 Å². The lowest BCUT2D eigenvalue weighted by Crippen LogP contribution is -2.41. The van der Waals surface area contributed by atoms with Gasteiger partial charge in [0, 0.05) is 38.9 Å². The maximum atomic E-state index is 4.22. The largest absolute Gasteiger partial charge is 0.355 e. The van der Waals surface area contributed by atoms with E-state index in [9.17, 15) is 0 Å². The summed E-state index contributed by atoms with van der Waals surface area (Å²) in [5.41, 5.74) is 21.7. The van der Waals surface area contributed by atoms with Crippen LogP contribution in [0.1, 0.15) is 155 Å². The molecule has 0 radical (unpaired) electrons. The van der Waals surface area contributed by atoms with Crippen molar-refractivity contribution in [3.63, 3.8) is 0 Å². The summed E-state index contributed by atoms with van der Waals surface area (Å²) in [6.07, 6.45) is 7.16. The Balaban J connectivity index is 1.22. The molecule has 3 aliphatic carbocycles. The molecule has 7 aromatic carbocycles. The third kappa shape index (κ3) is 5.85. The van der Waals surface area contributed by atoms with Crippen molar-refractivity contribution >= 4 is 72.9 Å². The monoisotopic (exact) mass is 851 g/mol. The molecule has 8 aromatic rings. The summed E-state index contributed by atoms with van der Waals surface area (Å²) in [7, 11) is 0.886. The average Bonchev–Trinajstić information content (AvgIpc) is 3.63. The van der Waals surface area contributed by atoms with E-state index in [-0.39, 0.29) is 32.5 Å². The van der Waals surface area contributed by atoms with Gasteiger partial charge in [-0.3, -0.25) is 0 Å². The molecule has 0 fully saturated rings. The number of hydrogen-bond donors (Lipinski definition) is 1. The summed E-state index contributed by atoms with van der Waals surface area (Å²) in [6.45, 7) is 29.6. The third-order valence-corrected chi connectivity index (χ3v) is 18.0. The Morgan fingerprint density at radius 2 is 0.985 bits per heavy atom. The second-order valence-electron chi connectivity index (χ2n) is 25.0. The van der Waals surface area contributed by atoms with Crippen LogP contribution in [-0.2, 0) is 32.5 Å². The fraction of sp³-hybridized carbons (Fsp3) is 0.387. The van der Waals surface area contributed by atoms with Gasteiger partial charge < -0.3 is 9.88 Å². The topological polar surface area (TPSA) is 17.0 Å². The second kappa shape index (κ2) is 13.2. The molecule has 0 atom stereocenters. The smallest absolute Gasteiger partial charge is 0.198 e. The zero-order valence-electron chi connectivity index (χ0n) is 41.2. The predicted molar refractivity (Wildman–Crippen MR) is 283 cm³/mol. The first-order chi connectivity index (χ1) is 30.7. The molecule has 0 amide bonds. The van der Waals surface area contributed by atoms with E-state index < -0.39 is 0 Å². The molecule has 0 saturated carbocycles. The van der Waals surface area contributed by atoms with Gasteiger partial charge in [-0.05, 0) is 173 Å². The Hall–Kier alpha value is -5.28. The van der Waals surface area contributed by atoms with Crippen LogP contribution in [0, 0.1) is 0 Å². The normalized spacial score (nSPS) is 20.2. The van der Waals surface area contributed by atoms with E-state index in [2.05, 4.69) is 196 Å². The van der Waals surface area contributed by atoms with Gasteiger partial charge in [-0.25, -0.2) is 0 Å². The summed E-state index contributed by atoms with van der Waals surface area (Å²) in [5, 5.41) is 12.3. The van der Waals surface area contributed by atoms with Crippen molar-refractivity contribution < 1.29 is 0 Å². The van der Waals surface area contributed by atoms with E-state index in [0.29, 0.717) is 0 Å². The Morgan fingerprint density at radius 1 is 0.462 bits per heavy atom. The van der Waals surface area contributed by atoms with E-state index in [0.717, 1.165) is 7.28 Å².